The molecule has 0 saturated heterocycles. The second-order valence-corrected chi connectivity index (χ2v) is 9.78. The average Bonchev–Trinajstić information content (AvgIpc) is 3.31. The smallest absolute Gasteiger partial charge is 0.321 e. The van der Waals surface area contributed by atoms with E-state index in [0.29, 0.717) is 17.8 Å². The second kappa shape index (κ2) is 11.9. The number of benzene rings is 3. The number of fused-ring (bicyclic) bond motifs is 1. The number of Topliss-reactive ketones (excluding diaryl/α,β-unsaturated/α-hetero) is 1. The number of aliphatic hydroxyl groups excluding tert-OH is 1. The van der Waals surface area contributed by atoms with Crippen LogP contribution in [0.1, 0.15) is 38.3 Å². The van der Waals surface area contributed by atoms with Gasteiger partial charge >= 0.3 is 5.97 Å². The molecule has 35 heavy (non-hydrogen) atoms. The van der Waals surface area contributed by atoms with E-state index in [2.05, 4.69) is 41.7 Å². The number of aryl methyl sites for hydroxylation is 2. The summed E-state index contributed by atoms with van der Waals surface area (Å²) in [7, 11) is 0. The van der Waals surface area contributed by atoms with Crippen molar-refractivity contribution in [1.29, 1.82) is 0 Å². The Morgan fingerprint density at radius 3 is 2.23 bits per heavy atom. The third-order valence-electron chi connectivity index (χ3n) is 6.09. The summed E-state index contributed by atoms with van der Waals surface area (Å²) in [5, 5.41) is 22.8. The molecule has 5 nitrogen and oxygen atoms in total. The zero-order chi connectivity index (χ0) is 24.6. The van der Waals surface area contributed by atoms with Crippen LogP contribution in [0.3, 0.4) is 0 Å². The number of carboxylic acids is 1. The number of carbonyl (C=O) groups excluding carboxylic acids is 1. The number of aliphatic hydroxyl groups is 1. The van der Waals surface area contributed by atoms with Gasteiger partial charge in [0, 0.05) is 11.2 Å². The number of carboxylic acid groups (broad SMARTS) is 1. The van der Waals surface area contributed by atoms with Crippen molar-refractivity contribution in [1.82, 2.24) is 5.32 Å². The maximum Gasteiger partial charge on any atom is 0.321 e. The molecule has 1 atom stereocenters. The van der Waals surface area contributed by atoms with Crippen molar-refractivity contribution in [3.05, 3.63) is 106 Å². The lowest BCUT2D eigenvalue weighted by molar-refractivity contribution is -0.139. The third kappa shape index (κ3) is 6.85. The minimum absolute atomic E-state index is 0.235. The SMILES string of the molecule is O=C(CO)c1cc2ccc(CCCc3ccc(CN[C@@H](Cc4ccccc4)C(=O)O)cc3)cc2s1. The monoisotopic (exact) mass is 487 g/mol. The van der Waals surface area contributed by atoms with Crippen LogP contribution in [0.2, 0.25) is 0 Å². The van der Waals surface area contributed by atoms with Gasteiger partial charge in [-0.15, -0.1) is 11.3 Å². The van der Waals surface area contributed by atoms with E-state index in [-0.39, 0.29) is 5.78 Å². The van der Waals surface area contributed by atoms with Gasteiger partial charge in [-0.1, -0.05) is 66.7 Å². The highest BCUT2D eigenvalue weighted by atomic mass is 32.1. The Hall–Kier alpha value is -3.32. The molecular weight excluding hydrogens is 458 g/mol. The summed E-state index contributed by atoms with van der Waals surface area (Å²) in [6.07, 6.45) is 3.36. The van der Waals surface area contributed by atoms with Crippen LogP contribution in [0.5, 0.6) is 0 Å². The topological polar surface area (TPSA) is 86.6 Å². The fourth-order valence-electron chi connectivity index (χ4n) is 4.10. The third-order valence-corrected chi connectivity index (χ3v) is 7.23. The molecule has 3 aromatic carbocycles. The van der Waals surface area contributed by atoms with Crippen molar-refractivity contribution >= 4 is 33.2 Å². The number of thiophene rings is 1. The molecule has 0 fully saturated rings. The summed E-state index contributed by atoms with van der Waals surface area (Å²) in [5.74, 6) is -1.08. The van der Waals surface area contributed by atoms with Crippen molar-refractivity contribution < 1.29 is 19.8 Å². The van der Waals surface area contributed by atoms with Gasteiger partial charge in [0.25, 0.3) is 0 Å². The van der Waals surface area contributed by atoms with Crippen LogP contribution in [-0.4, -0.2) is 34.6 Å². The van der Waals surface area contributed by atoms with Gasteiger partial charge in [-0.3, -0.25) is 9.59 Å². The average molecular weight is 488 g/mol. The Kier molecular flexibility index (Phi) is 8.42. The summed E-state index contributed by atoms with van der Waals surface area (Å²) in [5.41, 5.74) is 4.55. The van der Waals surface area contributed by atoms with E-state index in [1.807, 2.05) is 42.5 Å². The predicted molar refractivity (Wildman–Crippen MR) is 140 cm³/mol. The van der Waals surface area contributed by atoms with Gasteiger partial charge in [0.2, 0.25) is 0 Å². The fraction of sp³-hybridized carbons (Fsp3) is 0.241. The Labute approximate surface area is 209 Å². The minimum atomic E-state index is -0.845. The van der Waals surface area contributed by atoms with Gasteiger partial charge in [-0.2, -0.15) is 0 Å². The predicted octanol–water partition coefficient (Wildman–Crippen LogP) is 5.04. The van der Waals surface area contributed by atoms with Gasteiger partial charge in [-0.25, -0.2) is 0 Å². The molecule has 3 N–H and O–H groups in total. The van der Waals surface area contributed by atoms with Crippen LogP contribution < -0.4 is 5.32 Å². The van der Waals surface area contributed by atoms with Crippen LogP contribution in [0.25, 0.3) is 10.1 Å². The largest absolute Gasteiger partial charge is 0.480 e. The summed E-state index contributed by atoms with van der Waals surface area (Å²) in [4.78, 5) is 24.0. The first-order valence-electron chi connectivity index (χ1n) is 11.8. The van der Waals surface area contributed by atoms with Crippen molar-refractivity contribution in [2.45, 2.75) is 38.3 Å². The van der Waals surface area contributed by atoms with E-state index >= 15 is 0 Å². The molecule has 4 rings (SSSR count). The first-order chi connectivity index (χ1) is 17.0. The van der Waals surface area contributed by atoms with Crippen molar-refractivity contribution in [3.63, 3.8) is 0 Å². The van der Waals surface area contributed by atoms with E-state index in [0.717, 1.165) is 40.5 Å². The highest BCUT2D eigenvalue weighted by Gasteiger charge is 2.17. The molecule has 6 heteroatoms. The molecule has 0 aliphatic carbocycles. The van der Waals surface area contributed by atoms with Gasteiger partial charge in [0.1, 0.15) is 12.6 Å². The molecule has 0 spiro atoms. The van der Waals surface area contributed by atoms with Crippen molar-refractivity contribution in [3.8, 4) is 0 Å². The van der Waals surface area contributed by atoms with Gasteiger partial charge < -0.3 is 15.5 Å². The molecule has 0 aliphatic heterocycles. The molecule has 4 aromatic rings. The van der Waals surface area contributed by atoms with Gasteiger partial charge in [0.15, 0.2) is 5.78 Å². The van der Waals surface area contributed by atoms with E-state index in [9.17, 15) is 14.7 Å². The first-order valence-corrected chi connectivity index (χ1v) is 12.6. The molecule has 180 valence electrons. The van der Waals surface area contributed by atoms with Crippen LogP contribution in [0, 0.1) is 0 Å². The zero-order valence-electron chi connectivity index (χ0n) is 19.4. The molecular formula is C29H29NO4S. The number of aliphatic carboxylic acids is 1. The summed E-state index contributed by atoms with van der Waals surface area (Å²) in [6.45, 7) is 0.0496. The highest BCUT2D eigenvalue weighted by Crippen LogP contribution is 2.27. The second-order valence-electron chi connectivity index (χ2n) is 8.70. The summed E-state index contributed by atoms with van der Waals surface area (Å²) < 4.78 is 1.07. The lowest BCUT2D eigenvalue weighted by Gasteiger charge is -2.15. The Morgan fingerprint density at radius 1 is 0.829 bits per heavy atom. The molecule has 0 amide bonds. The van der Waals surface area contributed by atoms with E-state index in [4.69, 9.17) is 5.11 Å². The van der Waals surface area contributed by atoms with E-state index in [1.165, 1.54) is 22.5 Å². The Bertz CT molecular complexity index is 1280. The maximum absolute atomic E-state index is 11.7. The molecule has 1 aromatic heterocycles. The molecule has 0 radical (unpaired) electrons. The quantitative estimate of drug-likeness (QED) is 0.244. The van der Waals surface area contributed by atoms with Crippen LogP contribution in [-0.2, 0) is 30.6 Å². The van der Waals surface area contributed by atoms with Crippen molar-refractivity contribution in [2.75, 3.05) is 6.61 Å². The first kappa shape index (κ1) is 24.8. The highest BCUT2D eigenvalue weighted by molar-refractivity contribution is 7.20. The zero-order valence-corrected chi connectivity index (χ0v) is 20.3. The molecule has 0 bridgehead atoms. The fourth-order valence-corrected chi connectivity index (χ4v) is 5.16. The number of hydrogen-bond acceptors (Lipinski definition) is 5. The Morgan fingerprint density at radius 2 is 1.51 bits per heavy atom. The minimum Gasteiger partial charge on any atom is -0.480 e. The van der Waals surface area contributed by atoms with Gasteiger partial charge in [0.05, 0.1) is 4.88 Å². The van der Waals surface area contributed by atoms with Crippen LogP contribution in [0.15, 0.2) is 78.9 Å². The van der Waals surface area contributed by atoms with Crippen molar-refractivity contribution in [2.24, 2.45) is 0 Å². The molecule has 0 saturated carbocycles. The summed E-state index contributed by atoms with van der Waals surface area (Å²) in [6, 6.07) is 25.5. The summed E-state index contributed by atoms with van der Waals surface area (Å²) >= 11 is 1.43. The normalized spacial score (nSPS) is 12.0. The number of rotatable bonds is 12. The van der Waals surface area contributed by atoms with Crippen LogP contribution >= 0.6 is 11.3 Å². The van der Waals surface area contributed by atoms with Crippen LogP contribution in [0.4, 0.5) is 0 Å². The Balaban J connectivity index is 1.26. The standard InChI is InChI=1S/C29H29NO4S/c31-19-26(32)28-17-24-14-13-22(16-27(24)35-28)8-4-7-20-9-11-23(12-10-20)18-30-25(29(33)34)15-21-5-2-1-3-6-21/h1-3,5-6,9-14,16-17,25,30-31H,4,7-8,15,18-19H2,(H,33,34)/t25-/m0/s1. The molecule has 0 aliphatic rings. The maximum atomic E-state index is 11.7. The number of nitrogens with one attached hydrogen (secondary N) is 1. The van der Waals surface area contributed by atoms with E-state index in [1.54, 1.807) is 0 Å². The number of ketones is 1. The number of hydrogen-bond donors (Lipinski definition) is 3. The lowest BCUT2D eigenvalue weighted by Crippen LogP contribution is -2.38. The van der Waals surface area contributed by atoms with Gasteiger partial charge in [-0.05, 0) is 65.5 Å². The number of carbonyl (C=O) groups is 2. The lowest BCUT2D eigenvalue weighted by atomic mass is 10.0. The molecule has 0 unspecified atom stereocenters. The molecule has 1 heterocycles. The van der Waals surface area contributed by atoms with E-state index < -0.39 is 18.6 Å².